The molecule has 2 N–H and O–H groups in total. The molecule has 0 heterocycles. The van der Waals surface area contributed by atoms with Crippen molar-refractivity contribution in [2.24, 2.45) is 0 Å². The fourth-order valence-corrected chi connectivity index (χ4v) is 3.82. The molecule has 0 amide bonds. The number of carboxylic acid groups (broad SMARTS) is 1. The van der Waals surface area contributed by atoms with Crippen molar-refractivity contribution in [1.82, 2.24) is 4.72 Å². The quantitative estimate of drug-likeness (QED) is 0.833. The van der Waals surface area contributed by atoms with Gasteiger partial charge in [-0.25, -0.2) is 8.42 Å². The van der Waals surface area contributed by atoms with Crippen molar-refractivity contribution in [3.8, 4) is 5.75 Å². The maximum Gasteiger partial charge on any atom is 0.324 e. The number of nitrogens with one attached hydrogen (secondary N) is 1. The van der Waals surface area contributed by atoms with Gasteiger partial charge in [-0.15, -0.1) is 0 Å². The highest BCUT2D eigenvalue weighted by atomic mass is 32.2. The van der Waals surface area contributed by atoms with Crippen molar-refractivity contribution >= 4 is 16.0 Å². The first-order valence-corrected chi connectivity index (χ1v) is 8.30. The lowest BCUT2D eigenvalue weighted by atomic mass is 9.78. The fourth-order valence-electron chi connectivity index (χ4n) is 2.31. The van der Waals surface area contributed by atoms with Gasteiger partial charge in [-0.1, -0.05) is 0 Å². The summed E-state index contributed by atoms with van der Waals surface area (Å²) in [6, 6.07) is 4.50. The summed E-state index contributed by atoms with van der Waals surface area (Å²) in [6.45, 7) is 4.09. The first-order chi connectivity index (χ1) is 9.81. The number of ether oxygens (including phenoxy) is 1. The van der Waals surface area contributed by atoms with Gasteiger partial charge >= 0.3 is 5.97 Å². The lowest BCUT2D eigenvalue weighted by Gasteiger charge is -2.37. The summed E-state index contributed by atoms with van der Waals surface area (Å²) in [6.07, 6.45) is 1.34. The third-order valence-electron chi connectivity index (χ3n) is 3.70. The lowest BCUT2D eigenvalue weighted by Crippen LogP contribution is -2.58. The van der Waals surface area contributed by atoms with E-state index in [4.69, 9.17) is 4.74 Å². The Morgan fingerprint density at radius 2 is 2.10 bits per heavy atom. The van der Waals surface area contributed by atoms with Gasteiger partial charge in [-0.3, -0.25) is 4.79 Å². The summed E-state index contributed by atoms with van der Waals surface area (Å²) >= 11 is 0. The Labute approximate surface area is 124 Å². The number of aliphatic carboxylic acids is 1. The van der Waals surface area contributed by atoms with Gasteiger partial charge < -0.3 is 9.84 Å². The van der Waals surface area contributed by atoms with Crippen LogP contribution in [-0.4, -0.2) is 31.6 Å². The molecule has 1 aromatic rings. The zero-order valence-corrected chi connectivity index (χ0v) is 12.9. The summed E-state index contributed by atoms with van der Waals surface area (Å²) in [5, 5.41) is 9.22. The normalized spacial score (nSPS) is 17.0. The van der Waals surface area contributed by atoms with E-state index in [1.54, 1.807) is 13.0 Å². The minimum atomic E-state index is -3.86. The van der Waals surface area contributed by atoms with E-state index in [1.165, 1.54) is 12.1 Å². The third kappa shape index (κ3) is 3.03. The molecule has 0 spiro atoms. The zero-order valence-electron chi connectivity index (χ0n) is 12.0. The summed E-state index contributed by atoms with van der Waals surface area (Å²) in [7, 11) is -3.86. The van der Waals surface area contributed by atoms with Gasteiger partial charge in [0.2, 0.25) is 10.0 Å². The number of carbonyl (C=O) groups is 1. The van der Waals surface area contributed by atoms with Gasteiger partial charge in [0.05, 0.1) is 11.5 Å². The fraction of sp³-hybridized carbons (Fsp3) is 0.500. The molecular formula is C14H19NO5S. The van der Waals surface area contributed by atoms with Crippen LogP contribution in [-0.2, 0) is 14.8 Å². The molecule has 1 fully saturated rings. The number of hydrogen-bond acceptors (Lipinski definition) is 4. The third-order valence-corrected chi connectivity index (χ3v) is 5.24. The number of aryl methyl sites for hydroxylation is 1. The van der Waals surface area contributed by atoms with Crippen molar-refractivity contribution < 1.29 is 23.1 Å². The molecule has 0 bridgehead atoms. The largest absolute Gasteiger partial charge is 0.494 e. The molecule has 21 heavy (non-hydrogen) atoms. The topological polar surface area (TPSA) is 92.7 Å². The van der Waals surface area contributed by atoms with Crippen molar-refractivity contribution in [3.63, 3.8) is 0 Å². The van der Waals surface area contributed by atoms with Gasteiger partial charge in [0.1, 0.15) is 11.3 Å². The predicted molar refractivity (Wildman–Crippen MR) is 76.9 cm³/mol. The highest BCUT2D eigenvalue weighted by Gasteiger charge is 2.47. The molecule has 1 aliphatic rings. The SMILES string of the molecule is CCOc1ccc(S(=O)(=O)NC2(C(=O)O)CCC2)cc1C. The summed E-state index contributed by atoms with van der Waals surface area (Å²) in [5.74, 6) is -0.506. The number of hydrogen-bond donors (Lipinski definition) is 2. The molecule has 6 nitrogen and oxygen atoms in total. The van der Waals surface area contributed by atoms with E-state index in [0.29, 0.717) is 37.2 Å². The molecule has 0 radical (unpaired) electrons. The molecule has 1 aromatic carbocycles. The Kier molecular flexibility index (Phi) is 4.25. The maximum atomic E-state index is 12.4. The molecule has 0 aliphatic heterocycles. The van der Waals surface area contributed by atoms with E-state index in [2.05, 4.69) is 4.72 Å². The lowest BCUT2D eigenvalue weighted by molar-refractivity contribution is -0.147. The van der Waals surface area contributed by atoms with Crippen LogP contribution in [0.25, 0.3) is 0 Å². The molecule has 0 saturated heterocycles. The van der Waals surface area contributed by atoms with Crippen molar-refractivity contribution in [2.75, 3.05) is 6.61 Å². The summed E-state index contributed by atoms with van der Waals surface area (Å²) < 4.78 is 32.4. The number of rotatable bonds is 6. The molecule has 1 aliphatic carbocycles. The van der Waals surface area contributed by atoms with Crippen LogP contribution >= 0.6 is 0 Å². The van der Waals surface area contributed by atoms with Crippen LogP contribution in [0.1, 0.15) is 31.7 Å². The van der Waals surface area contributed by atoms with Crippen molar-refractivity contribution in [2.45, 2.75) is 43.5 Å². The predicted octanol–water partition coefficient (Wildman–Crippen LogP) is 1.68. The highest BCUT2D eigenvalue weighted by molar-refractivity contribution is 7.89. The van der Waals surface area contributed by atoms with Crippen molar-refractivity contribution in [1.29, 1.82) is 0 Å². The molecule has 0 unspecified atom stereocenters. The first-order valence-electron chi connectivity index (χ1n) is 6.81. The number of sulfonamides is 1. The second kappa shape index (κ2) is 5.65. The van der Waals surface area contributed by atoms with Gasteiger partial charge in [0, 0.05) is 0 Å². The van der Waals surface area contributed by atoms with Crippen LogP contribution in [0.15, 0.2) is 23.1 Å². The van der Waals surface area contributed by atoms with E-state index in [-0.39, 0.29) is 4.90 Å². The molecular weight excluding hydrogens is 294 g/mol. The van der Waals surface area contributed by atoms with E-state index in [1.807, 2.05) is 6.92 Å². The molecule has 0 atom stereocenters. The van der Waals surface area contributed by atoms with E-state index in [9.17, 15) is 18.3 Å². The van der Waals surface area contributed by atoms with E-state index < -0.39 is 21.5 Å². The summed E-state index contributed by atoms with van der Waals surface area (Å²) in [4.78, 5) is 11.3. The van der Waals surface area contributed by atoms with Crippen LogP contribution in [0, 0.1) is 6.92 Å². The minimum Gasteiger partial charge on any atom is -0.494 e. The second-order valence-electron chi connectivity index (χ2n) is 5.21. The van der Waals surface area contributed by atoms with Crippen molar-refractivity contribution in [3.05, 3.63) is 23.8 Å². The smallest absolute Gasteiger partial charge is 0.324 e. The highest BCUT2D eigenvalue weighted by Crippen LogP contribution is 2.34. The van der Waals surface area contributed by atoms with Gasteiger partial charge in [0.15, 0.2) is 0 Å². The van der Waals surface area contributed by atoms with Gasteiger partial charge in [-0.05, 0) is 56.9 Å². The Morgan fingerprint density at radius 1 is 1.43 bits per heavy atom. The molecule has 1 saturated carbocycles. The Morgan fingerprint density at radius 3 is 2.52 bits per heavy atom. The number of carboxylic acids is 1. The van der Waals surface area contributed by atoms with Crippen LogP contribution in [0.3, 0.4) is 0 Å². The van der Waals surface area contributed by atoms with Crippen LogP contribution in [0.5, 0.6) is 5.75 Å². The Hall–Kier alpha value is -1.60. The first kappa shape index (κ1) is 15.8. The van der Waals surface area contributed by atoms with Crippen LogP contribution in [0.2, 0.25) is 0 Å². The second-order valence-corrected chi connectivity index (χ2v) is 6.89. The average molecular weight is 313 g/mol. The van der Waals surface area contributed by atoms with E-state index in [0.717, 1.165) is 0 Å². The zero-order chi connectivity index (χ0) is 15.7. The molecule has 7 heteroatoms. The summed E-state index contributed by atoms with van der Waals surface area (Å²) in [5.41, 5.74) is -0.664. The van der Waals surface area contributed by atoms with Crippen LogP contribution < -0.4 is 9.46 Å². The maximum absolute atomic E-state index is 12.4. The number of benzene rings is 1. The molecule has 0 aromatic heterocycles. The monoisotopic (exact) mass is 313 g/mol. The Balaban J connectivity index is 2.28. The van der Waals surface area contributed by atoms with E-state index >= 15 is 0 Å². The van der Waals surface area contributed by atoms with Gasteiger partial charge in [-0.2, -0.15) is 4.72 Å². The van der Waals surface area contributed by atoms with Gasteiger partial charge in [0.25, 0.3) is 0 Å². The van der Waals surface area contributed by atoms with Crippen LogP contribution in [0.4, 0.5) is 0 Å². The molecule has 2 rings (SSSR count). The standard InChI is InChI=1S/C14H19NO5S/c1-3-20-12-6-5-11(9-10(12)2)21(18,19)15-14(13(16)17)7-4-8-14/h5-6,9,15H,3-4,7-8H2,1-2H3,(H,16,17). The average Bonchev–Trinajstić information content (AvgIpc) is 2.36. The molecule has 116 valence electrons. The minimum absolute atomic E-state index is 0.0518. The Bertz CT molecular complexity index is 649.